The van der Waals surface area contributed by atoms with E-state index in [9.17, 15) is 4.39 Å². The number of hydrogen-bond acceptors (Lipinski definition) is 2. The SMILES string of the molecule is Cc1ccc(Sc2ccc(CC(C)N)cc2F)cc1C. The molecule has 1 unspecified atom stereocenters. The third-order valence-electron chi connectivity index (χ3n) is 3.26. The fourth-order valence-electron chi connectivity index (χ4n) is 2.03. The summed E-state index contributed by atoms with van der Waals surface area (Å²) in [5.74, 6) is -0.175. The normalized spacial score (nSPS) is 12.4. The van der Waals surface area contributed by atoms with Gasteiger partial charge < -0.3 is 5.73 Å². The molecule has 2 rings (SSSR count). The molecule has 0 bridgehead atoms. The molecule has 1 atom stereocenters. The molecular weight excluding hydrogens is 269 g/mol. The summed E-state index contributed by atoms with van der Waals surface area (Å²) < 4.78 is 14.1. The maximum absolute atomic E-state index is 14.1. The number of benzene rings is 2. The van der Waals surface area contributed by atoms with Crippen LogP contribution in [0.1, 0.15) is 23.6 Å². The summed E-state index contributed by atoms with van der Waals surface area (Å²) in [6.45, 7) is 6.07. The van der Waals surface area contributed by atoms with Gasteiger partial charge in [-0.2, -0.15) is 0 Å². The second-order valence-corrected chi connectivity index (χ2v) is 6.41. The van der Waals surface area contributed by atoms with Crippen LogP contribution in [-0.2, 0) is 6.42 Å². The predicted molar refractivity (Wildman–Crippen MR) is 83.8 cm³/mol. The van der Waals surface area contributed by atoms with Crippen molar-refractivity contribution in [3.05, 3.63) is 58.9 Å². The first-order valence-electron chi connectivity index (χ1n) is 6.75. The van der Waals surface area contributed by atoms with Crippen molar-refractivity contribution >= 4 is 11.8 Å². The zero-order valence-corrected chi connectivity index (χ0v) is 12.9. The first kappa shape index (κ1) is 15.1. The topological polar surface area (TPSA) is 26.0 Å². The number of rotatable bonds is 4. The second-order valence-electron chi connectivity index (χ2n) is 5.29. The van der Waals surface area contributed by atoms with Crippen LogP contribution in [-0.4, -0.2) is 6.04 Å². The van der Waals surface area contributed by atoms with Gasteiger partial charge in [0.2, 0.25) is 0 Å². The standard InChI is InChI=1S/C17H20FNS/c1-11-4-6-15(8-12(11)2)20-17-7-5-14(9-13(3)19)10-16(17)18/h4-8,10,13H,9,19H2,1-3H3. The van der Waals surface area contributed by atoms with Crippen molar-refractivity contribution in [2.45, 2.75) is 43.0 Å². The van der Waals surface area contributed by atoms with Crippen LogP contribution in [0.25, 0.3) is 0 Å². The number of halogens is 1. The lowest BCUT2D eigenvalue weighted by atomic mass is 10.1. The van der Waals surface area contributed by atoms with E-state index < -0.39 is 0 Å². The summed E-state index contributed by atoms with van der Waals surface area (Å²) in [5, 5.41) is 0. The van der Waals surface area contributed by atoms with E-state index in [1.54, 1.807) is 6.07 Å². The molecule has 0 fully saturated rings. The average molecular weight is 289 g/mol. The third-order valence-corrected chi connectivity index (χ3v) is 4.30. The van der Waals surface area contributed by atoms with Gasteiger partial charge in [0.15, 0.2) is 0 Å². The van der Waals surface area contributed by atoms with Gasteiger partial charge in [0.05, 0.1) is 0 Å². The molecule has 2 aromatic carbocycles. The van der Waals surface area contributed by atoms with E-state index in [1.165, 1.54) is 22.9 Å². The third kappa shape index (κ3) is 3.84. The van der Waals surface area contributed by atoms with E-state index in [2.05, 4.69) is 26.0 Å². The highest BCUT2D eigenvalue weighted by Gasteiger charge is 2.07. The smallest absolute Gasteiger partial charge is 0.137 e. The van der Waals surface area contributed by atoms with Crippen molar-refractivity contribution in [3.8, 4) is 0 Å². The highest BCUT2D eigenvalue weighted by molar-refractivity contribution is 7.99. The summed E-state index contributed by atoms with van der Waals surface area (Å²) in [4.78, 5) is 1.72. The Labute approximate surface area is 124 Å². The first-order valence-corrected chi connectivity index (χ1v) is 7.56. The van der Waals surface area contributed by atoms with Crippen LogP contribution < -0.4 is 5.73 Å². The molecule has 0 spiro atoms. The molecule has 0 heterocycles. The second kappa shape index (κ2) is 6.42. The lowest BCUT2D eigenvalue weighted by Crippen LogP contribution is -2.17. The van der Waals surface area contributed by atoms with Crippen molar-refractivity contribution in [3.63, 3.8) is 0 Å². The lowest BCUT2D eigenvalue weighted by Gasteiger charge is -2.09. The summed E-state index contributed by atoms with van der Waals surface area (Å²) in [6, 6.07) is 11.6. The highest BCUT2D eigenvalue weighted by Crippen LogP contribution is 2.31. The van der Waals surface area contributed by atoms with Crippen LogP contribution in [0.5, 0.6) is 0 Å². The molecule has 0 saturated carbocycles. The van der Waals surface area contributed by atoms with E-state index in [1.807, 2.05) is 25.1 Å². The minimum absolute atomic E-state index is 0.0488. The average Bonchev–Trinajstić information content (AvgIpc) is 2.36. The summed E-state index contributed by atoms with van der Waals surface area (Å²) in [5.41, 5.74) is 9.16. The van der Waals surface area contributed by atoms with Gasteiger partial charge in [-0.05, 0) is 68.1 Å². The van der Waals surface area contributed by atoms with Crippen molar-refractivity contribution in [1.29, 1.82) is 0 Å². The van der Waals surface area contributed by atoms with Crippen molar-refractivity contribution in [1.82, 2.24) is 0 Å². The van der Waals surface area contributed by atoms with E-state index in [0.29, 0.717) is 11.3 Å². The summed E-state index contributed by atoms with van der Waals surface area (Å²) >= 11 is 1.46. The maximum atomic E-state index is 14.1. The van der Waals surface area contributed by atoms with E-state index >= 15 is 0 Å². The van der Waals surface area contributed by atoms with Crippen molar-refractivity contribution < 1.29 is 4.39 Å². The van der Waals surface area contributed by atoms with Gasteiger partial charge in [-0.3, -0.25) is 0 Å². The molecule has 2 N–H and O–H groups in total. The molecule has 0 radical (unpaired) electrons. The first-order chi connectivity index (χ1) is 9.45. The molecule has 0 saturated heterocycles. The molecule has 106 valence electrons. The Kier molecular flexibility index (Phi) is 4.84. The van der Waals surface area contributed by atoms with Crippen LogP contribution in [0.15, 0.2) is 46.2 Å². The number of aryl methyl sites for hydroxylation is 2. The highest BCUT2D eigenvalue weighted by atomic mass is 32.2. The lowest BCUT2D eigenvalue weighted by molar-refractivity contribution is 0.597. The summed E-state index contributed by atoms with van der Waals surface area (Å²) in [6.07, 6.45) is 0.700. The molecule has 0 amide bonds. The molecule has 0 aromatic heterocycles. The Morgan fingerprint density at radius 1 is 1.10 bits per heavy atom. The Morgan fingerprint density at radius 2 is 1.85 bits per heavy atom. The van der Waals surface area contributed by atoms with E-state index in [0.717, 1.165) is 10.5 Å². The van der Waals surface area contributed by atoms with E-state index in [4.69, 9.17) is 5.73 Å². The largest absolute Gasteiger partial charge is 0.328 e. The molecule has 0 aliphatic heterocycles. The van der Waals surface area contributed by atoms with Crippen molar-refractivity contribution in [2.24, 2.45) is 5.73 Å². The molecular formula is C17H20FNS. The predicted octanol–water partition coefficient (Wildman–Crippen LogP) is 4.48. The Balaban J connectivity index is 2.19. The van der Waals surface area contributed by atoms with Gasteiger partial charge in [0, 0.05) is 15.8 Å². The van der Waals surface area contributed by atoms with Crippen LogP contribution in [0, 0.1) is 19.7 Å². The number of hydrogen-bond donors (Lipinski definition) is 1. The minimum atomic E-state index is -0.175. The molecule has 2 aromatic rings. The van der Waals surface area contributed by atoms with Gasteiger partial charge in [-0.1, -0.05) is 23.9 Å². The van der Waals surface area contributed by atoms with E-state index in [-0.39, 0.29) is 11.9 Å². The van der Waals surface area contributed by atoms with Gasteiger partial charge in [0.1, 0.15) is 5.82 Å². The Morgan fingerprint density at radius 3 is 2.45 bits per heavy atom. The monoisotopic (exact) mass is 289 g/mol. The van der Waals surface area contributed by atoms with Gasteiger partial charge in [-0.15, -0.1) is 0 Å². The zero-order chi connectivity index (χ0) is 14.7. The molecule has 0 aliphatic carbocycles. The van der Waals surface area contributed by atoms with Crippen LogP contribution in [0.3, 0.4) is 0 Å². The minimum Gasteiger partial charge on any atom is -0.328 e. The van der Waals surface area contributed by atoms with Crippen molar-refractivity contribution in [2.75, 3.05) is 0 Å². The number of nitrogens with two attached hydrogens (primary N) is 1. The molecule has 20 heavy (non-hydrogen) atoms. The quantitative estimate of drug-likeness (QED) is 0.898. The van der Waals surface area contributed by atoms with Gasteiger partial charge >= 0.3 is 0 Å². The molecule has 1 nitrogen and oxygen atoms in total. The Hall–Kier alpha value is -1.32. The molecule has 0 aliphatic rings. The van der Waals surface area contributed by atoms with Gasteiger partial charge in [0.25, 0.3) is 0 Å². The van der Waals surface area contributed by atoms with Gasteiger partial charge in [-0.25, -0.2) is 4.39 Å². The fourth-order valence-corrected chi connectivity index (χ4v) is 2.95. The van der Waals surface area contributed by atoms with Crippen LogP contribution in [0.2, 0.25) is 0 Å². The molecule has 3 heteroatoms. The Bertz CT molecular complexity index is 608. The van der Waals surface area contributed by atoms with Crippen LogP contribution in [0.4, 0.5) is 4.39 Å². The zero-order valence-electron chi connectivity index (χ0n) is 12.1. The van der Waals surface area contributed by atoms with Crippen LogP contribution >= 0.6 is 11.8 Å². The fraction of sp³-hybridized carbons (Fsp3) is 0.294. The summed E-state index contributed by atoms with van der Waals surface area (Å²) in [7, 11) is 0. The maximum Gasteiger partial charge on any atom is 0.137 e.